The second kappa shape index (κ2) is 12.2. The second-order valence-corrected chi connectivity index (χ2v) is 6.70. The number of hydrogen-bond donors (Lipinski definition) is 0. The molecule has 0 unspecified atom stereocenters. The van der Waals surface area contributed by atoms with E-state index in [0.717, 1.165) is 45.1 Å². The Labute approximate surface area is 148 Å². The predicted molar refractivity (Wildman–Crippen MR) is 95.3 cm³/mol. The van der Waals surface area contributed by atoms with Gasteiger partial charge in [-0.1, -0.05) is 40.0 Å². The van der Waals surface area contributed by atoms with Crippen molar-refractivity contribution in [3.05, 3.63) is 0 Å². The van der Waals surface area contributed by atoms with Crippen LogP contribution >= 0.6 is 0 Å². The van der Waals surface area contributed by atoms with Crippen molar-refractivity contribution in [1.82, 2.24) is 0 Å². The molecule has 0 aromatic rings. The Bertz CT molecular complexity index is 312. The molecule has 24 heavy (non-hydrogen) atoms. The van der Waals surface area contributed by atoms with E-state index in [0.29, 0.717) is 19.8 Å². The third-order valence-corrected chi connectivity index (χ3v) is 4.51. The number of unbranched alkanes of at least 4 members (excludes halogenated alkanes) is 3. The Kier molecular flexibility index (Phi) is 11.1. The summed E-state index contributed by atoms with van der Waals surface area (Å²) < 4.78 is 29.8. The average molecular weight is 347 g/mol. The molecule has 1 heterocycles. The van der Waals surface area contributed by atoms with Gasteiger partial charge in [-0.2, -0.15) is 0 Å². The van der Waals surface area contributed by atoms with Crippen molar-refractivity contribution in [2.75, 3.05) is 33.5 Å². The minimum absolute atomic E-state index is 0.157. The second-order valence-electron chi connectivity index (χ2n) is 6.70. The van der Waals surface area contributed by atoms with Gasteiger partial charge in [0.1, 0.15) is 17.8 Å². The number of ether oxygens (including phenoxy) is 5. The molecule has 1 saturated heterocycles. The van der Waals surface area contributed by atoms with Gasteiger partial charge in [0.25, 0.3) is 0 Å². The summed E-state index contributed by atoms with van der Waals surface area (Å²) in [7, 11) is 1.66. The highest BCUT2D eigenvalue weighted by atomic mass is 16.7. The molecule has 5 nitrogen and oxygen atoms in total. The lowest BCUT2D eigenvalue weighted by Gasteiger charge is -2.34. The van der Waals surface area contributed by atoms with Gasteiger partial charge in [0.2, 0.25) is 0 Å². The van der Waals surface area contributed by atoms with Crippen LogP contribution in [-0.4, -0.2) is 57.6 Å². The van der Waals surface area contributed by atoms with E-state index in [4.69, 9.17) is 23.7 Å². The Morgan fingerprint density at radius 3 is 2.17 bits per heavy atom. The van der Waals surface area contributed by atoms with Gasteiger partial charge in [0, 0.05) is 26.9 Å². The zero-order valence-electron chi connectivity index (χ0n) is 16.3. The molecule has 0 aromatic heterocycles. The lowest BCUT2D eigenvalue weighted by molar-refractivity contribution is -0.211. The minimum atomic E-state index is -0.601. The maximum absolute atomic E-state index is 6.20. The van der Waals surface area contributed by atoms with Crippen LogP contribution in [0.3, 0.4) is 0 Å². The van der Waals surface area contributed by atoms with Gasteiger partial charge in [-0.05, 0) is 26.2 Å². The van der Waals surface area contributed by atoms with Crippen molar-refractivity contribution >= 4 is 0 Å². The molecule has 0 radical (unpaired) electrons. The van der Waals surface area contributed by atoms with Crippen LogP contribution in [0.1, 0.15) is 66.2 Å². The molecule has 1 fully saturated rings. The fourth-order valence-corrected chi connectivity index (χ4v) is 2.94. The first-order valence-corrected chi connectivity index (χ1v) is 9.65. The van der Waals surface area contributed by atoms with Gasteiger partial charge in [-0.3, -0.25) is 0 Å². The monoisotopic (exact) mass is 346 g/mol. The van der Waals surface area contributed by atoms with Crippen molar-refractivity contribution in [2.45, 2.75) is 90.3 Å². The van der Waals surface area contributed by atoms with Crippen LogP contribution in [0.15, 0.2) is 0 Å². The summed E-state index contributed by atoms with van der Waals surface area (Å²) in [6, 6.07) is 0. The van der Waals surface area contributed by atoms with Crippen molar-refractivity contribution in [3.63, 3.8) is 0 Å². The maximum Gasteiger partial charge on any atom is 0.189 e. The number of methoxy groups -OCH3 is 1. The van der Waals surface area contributed by atoms with Crippen LogP contribution in [0.5, 0.6) is 0 Å². The fourth-order valence-electron chi connectivity index (χ4n) is 2.94. The summed E-state index contributed by atoms with van der Waals surface area (Å²) in [5, 5.41) is 0. The third kappa shape index (κ3) is 6.26. The van der Waals surface area contributed by atoms with E-state index in [1.807, 2.05) is 6.92 Å². The molecule has 0 bridgehead atoms. The first-order chi connectivity index (χ1) is 11.6. The first-order valence-electron chi connectivity index (χ1n) is 9.65. The Hall–Kier alpha value is -0.200. The fraction of sp³-hybridized carbons (Fsp3) is 1.00. The molecule has 5 heteroatoms. The minimum Gasteiger partial charge on any atom is -0.379 e. The third-order valence-electron chi connectivity index (χ3n) is 4.51. The van der Waals surface area contributed by atoms with Crippen LogP contribution in [0.4, 0.5) is 0 Å². The van der Waals surface area contributed by atoms with E-state index in [2.05, 4.69) is 20.8 Å². The zero-order chi connectivity index (χ0) is 17.8. The quantitative estimate of drug-likeness (QED) is 0.446. The lowest BCUT2D eigenvalue weighted by Crippen LogP contribution is -2.50. The average Bonchev–Trinajstić information content (AvgIpc) is 2.84. The van der Waals surface area contributed by atoms with Gasteiger partial charge in [-0.15, -0.1) is 0 Å². The summed E-state index contributed by atoms with van der Waals surface area (Å²) in [6.07, 6.45) is 5.68. The van der Waals surface area contributed by atoms with Crippen LogP contribution < -0.4 is 0 Å². The molecule has 0 aromatic carbocycles. The lowest BCUT2D eigenvalue weighted by atomic mass is 9.96. The van der Waals surface area contributed by atoms with Gasteiger partial charge < -0.3 is 23.7 Å². The van der Waals surface area contributed by atoms with Crippen LogP contribution in [0, 0.1) is 0 Å². The molecule has 0 spiro atoms. The SMILES string of the molecule is CCCCOC[C@H]1O[C@H](OC)[C@](C)(OCCCC)[C@@H]1OCCCC. The summed E-state index contributed by atoms with van der Waals surface area (Å²) in [4.78, 5) is 0. The van der Waals surface area contributed by atoms with Gasteiger partial charge >= 0.3 is 0 Å². The highest BCUT2D eigenvalue weighted by Gasteiger charge is 2.56. The predicted octanol–water partition coefficient (Wildman–Crippen LogP) is 3.94. The van der Waals surface area contributed by atoms with Crippen molar-refractivity contribution < 1.29 is 23.7 Å². The van der Waals surface area contributed by atoms with Gasteiger partial charge in [-0.25, -0.2) is 0 Å². The molecule has 0 saturated carbocycles. The molecule has 0 N–H and O–H groups in total. The summed E-state index contributed by atoms with van der Waals surface area (Å²) in [5.74, 6) is 0. The Morgan fingerprint density at radius 1 is 0.917 bits per heavy atom. The molecule has 1 aliphatic rings. The van der Waals surface area contributed by atoms with E-state index >= 15 is 0 Å². The topological polar surface area (TPSA) is 46.2 Å². The normalized spacial score (nSPS) is 30.1. The highest BCUT2D eigenvalue weighted by Crippen LogP contribution is 2.37. The smallest absolute Gasteiger partial charge is 0.189 e. The van der Waals surface area contributed by atoms with Crippen molar-refractivity contribution in [1.29, 1.82) is 0 Å². The molecule has 1 rings (SSSR count). The highest BCUT2D eigenvalue weighted by molar-refractivity contribution is 5.00. The van der Waals surface area contributed by atoms with Crippen molar-refractivity contribution in [3.8, 4) is 0 Å². The standard InChI is InChI=1S/C19H38O5/c1-6-9-12-21-15-16-17(22-13-10-7-2)19(4,18(20-5)24-16)23-14-11-8-3/h16-18H,6-15H2,1-5H3/t16-,17-,18+,19-/m1/s1. The molecular formula is C19H38O5. The molecule has 1 aliphatic heterocycles. The van der Waals surface area contributed by atoms with E-state index < -0.39 is 11.9 Å². The molecular weight excluding hydrogens is 308 g/mol. The molecule has 0 aliphatic carbocycles. The van der Waals surface area contributed by atoms with Crippen LogP contribution in [-0.2, 0) is 23.7 Å². The van der Waals surface area contributed by atoms with E-state index in [-0.39, 0.29) is 12.2 Å². The van der Waals surface area contributed by atoms with Crippen LogP contribution in [0.2, 0.25) is 0 Å². The van der Waals surface area contributed by atoms with Crippen LogP contribution in [0.25, 0.3) is 0 Å². The number of hydrogen-bond acceptors (Lipinski definition) is 5. The van der Waals surface area contributed by atoms with E-state index in [1.165, 1.54) is 0 Å². The van der Waals surface area contributed by atoms with Gasteiger partial charge in [0.05, 0.1) is 6.61 Å². The van der Waals surface area contributed by atoms with E-state index in [1.54, 1.807) is 7.11 Å². The first kappa shape index (κ1) is 21.8. The molecule has 0 amide bonds. The zero-order valence-corrected chi connectivity index (χ0v) is 16.3. The molecule has 4 atom stereocenters. The Balaban J connectivity index is 2.73. The van der Waals surface area contributed by atoms with Crippen molar-refractivity contribution in [2.24, 2.45) is 0 Å². The summed E-state index contributed by atoms with van der Waals surface area (Å²) in [6.45, 7) is 11.2. The summed E-state index contributed by atoms with van der Waals surface area (Å²) in [5.41, 5.74) is -0.601. The number of rotatable bonds is 14. The van der Waals surface area contributed by atoms with E-state index in [9.17, 15) is 0 Å². The summed E-state index contributed by atoms with van der Waals surface area (Å²) >= 11 is 0. The van der Waals surface area contributed by atoms with Gasteiger partial charge in [0.15, 0.2) is 6.29 Å². The maximum atomic E-state index is 6.20. The Morgan fingerprint density at radius 2 is 1.54 bits per heavy atom. The largest absolute Gasteiger partial charge is 0.379 e. The molecule has 144 valence electrons.